The highest BCUT2D eigenvalue weighted by Crippen LogP contribution is 2.26. The molecule has 2 aromatic rings. The van der Waals surface area contributed by atoms with Crippen molar-refractivity contribution in [2.75, 3.05) is 30.5 Å². The molecule has 0 radical (unpaired) electrons. The molecule has 138 valence electrons. The Kier molecular flexibility index (Phi) is 4.60. The van der Waals surface area contributed by atoms with Gasteiger partial charge in [-0.2, -0.15) is 0 Å². The Morgan fingerprint density at radius 2 is 1.92 bits per heavy atom. The lowest BCUT2D eigenvalue weighted by molar-refractivity contribution is 0.265. The summed E-state index contributed by atoms with van der Waals surface area (Å²) in [7, 11) is -3.16. The first-order valence-corrected chi connectivity index (χ1v) is 10.0. The summed E-state index contributed by atoms with van der Waals surface area (Å²) in [6.45, 7) is 4.53. The standard InChI is InChI=1S/C15H24N6O3S/c1-9-10(2)17-15(16)13-14(9)21(12(8-22)18-13)19-11-4-6-20(7-5-11)25(3,23)24/h11,19,22H,4-8H2,1-3H3,(H2,16,17). The van der Waals surface area contributed by atoms with Crippen LogP contribution in [0.3, 0.4) is 0 Å². The van der Waals surface area contributed by atoms with Crippen molar-refractivity contribution >= 4 is 26.9 Å². The Labute approximate surface area is 146 Å². The second kappa shape index (κ2) is 6.43. The Morgan fingerprint density at radius 3 is 2.48 bits per heavy atom. The van der Waals surface area contributed by atoms with Crippen LogP contribution in [0.25, 0.3) is 11.0 Å². The van der Waals surface area contributed by atoms with E-state index in [4.69, 9.17) is 5.73 Å². The fourth-order valence-electron chi connectivity index (χ4n) is 3.22. The number of rotatable bonds is 4. The van der Waals surface area contributed by atoms with Gasteiger partial charge in [0.2, 0.25) is 10.0 Å². The Balaban J connectivity index is 1.92. The maximum Gasteiger partial charge on any atom is 0.211 e. The lowest BCUT2D eigenvalue weighted by Crippen LogP contribution is -2.44. The summed E-state index contributed by atoms with van der Waals surface area (Å²) in [5.41, 5.74) is 12.5. The van der Waals surface area contributed by atoms with E-state index in [-0.39, 0.29) is 12.6 Å². The number of anilines is 1. The molecule has 0 bridgehead atoms. The van der Waals surface area contributed by atoms with Gasteiger partial charge in [0.25, 0.3) is 0 Å². The third-order valence-electron chi connectivity index (χ3n) is 4.75. The largest absolute Gasteiger partial charge is 0.388 e. The highest BCUT2D eigenvalue weighted by molar-refractivity contribution is 7.88. The third-order valence-corrected chi connectivity index (χ3v) is 6.05. The smallest absolute Gasteiger partial charge is 0.211 e. The molecule has 0 amide bonds. The molecule has 0 saturated carbocycles. The Morgan fingerprint density at radius 1 is 1.28 bits per heavy atom. The van der Waals surface area contributed by atoms with Gasteiger partial charge in [-0.1, -0.05) is 0 Å². The van der Waals surface area contributed by atoms with Crippen molar-refractivity contribution in [2.45, 2.75) is 39.3 Å². The molecule has 0 spiro atoms. The van der Waals surface area contributed by atoms with Gasteiger partial charge in [-0.05, 0) is 32.3 Å². The third kappa shape index (κ3) is 3.29. The molecule has 1 fully saturated rings. The summed E-state index contributed by atoms with van der Waals surface area (Å²) < 4.78 is 26.5. The summed E-state index contributed by atoms with van der Waals surface area (Å²) in [6, 6.07) is 0.0785. The van der Waals surface area contributed by atoms with Crippen molar-refractivity contribution in [1.82, 2.24) is 18.9 Å². The predicted molar refractivity (Wildman–Crippen MR) is 96.1 cm³/mol. The number of pyridine rings is 1. The van der Waals surface area contributed by atoms with E-state index in [2.05, 4.69) is 15.4 Å². The number of nitrogens with zero attached hydrogens (tertiary/aromatic N) is 4. The number of hydrogen-bond donors (Lipinski definition) is 3. The number of aromatic nitrogens is 3. The second-order valence-corrected chi connectivity index (χ2v) is 8.47. The van der Waals surface area contributed by atoms with Gasteiger partial charge in [-0.15, -0.1) is 0 Å². The molecule has 4 N–H and O–H groups in total. The molecular weight excluding hydrogens is 344 g/mol. The monoisotopic (exact) mass is 368 g/mol. The summed E-state index contributed by atoms with van der Waals surface area (Å²) in [4.78, 5) is 8.70. The average molecular weight is 368 g/mol. The lowest BCUT2D eigenvalue weighted by Gasteiger charge is -2.31. The lowest BCUT2D eigenvalue weighted by atomic mass is 10.1. The molecule has 1 aliphatic heterocycles. The van der Waals surface area contributed by atoms with Crippen LogP contribution in [0.2, 0.25) is 0 Å². The number of aliphatic hydroxyl groups is 1. The first-order chi connectivity index (χ1) is 11.7. The van der Waals surface area contributed by atoms with E-state index in [1.165, 1.54) is 10.6 Å². The molecule has 1 aliphatic rings. The van der Waals surface area contributed by atoms with E-state index >= 15 is 0 Å². The zero-order chi connectivity index (χ0) is 18.4. The van der Waals surface area contributed by atoms with Gasteiger partial charge in [0.05, 0.1) is 11.8 Å². The molecule has 9 nitrogen and oxygen atoms in total. The normalized spacial score (nSPS) is 17.3. The maximum absolute atomic E-state index is 11.6. The number of hydrogen-bond acceptors (Lipinski definition) is 7. The molecule has 0 atom stereocenters. The quantitative estimate of drug-likeness (QED) is 0.698. The number of nitrogen functional groups attached to an aromatic ring is 1. The minimum Gasteiger partial charge on any atom is -0.388 e. The number of nitrogens with one attached hydrogen (secondary N) is 1. The van der Waals surface area contributed by atoms with Gasteiger partial charge in [-0.25, -0.2) is 27.4 Å². The summed E-state index contributed by atoms with van der Waals surface area (Å²) >= 11 is 0. The van der Waals surface area contributed by atoms with Crippen LogP contribution in [0.4, 0.5) is 5.82 Å². The van der Waals surface area contributed by atoms with Crippen molar-refractivity contribution in [3.05, 3.63) is 17.1 Å². The first kappa shape index (κ1) is 17.9. The highest BCUT2D eigenvalue weighted by Gasteiger charge is 2.26. The van der Waals surface area contributed by atoms with Crippen LogP contribution in [0, 0.1) is 13.8 Å². The fourth-order valence-corrected chi connectivity index (χ4v) is 4.10. The van der Waals surface area contributed by atoms with Crippen molar-refractivity contribution in [2.24, 2.45) is 0 Å². The molecule has 0 aromatic carbocycles. The van der Waals surface area contributed by atoms with Gasteiger partial charge in [0.15, 0.2) is 11.6 Å². The van der Waals surface area contributed by atoms with Gasteiger partial charge < -0.3 is 16.3 Å². The number of aryl methyl sites for hydroxylation is 2. The van der Waals surface area contributed by atoms with Crippen molar-refractivity contribution in [1.29, 1.82) is 0 Å². The SMILES string of the molecule is Cc1nc(N)c2nc(CO)n(NC3CCN(S(C)(=O)=O)CC3)c2c1C. The van der Waals surface area contributed by atoms with E-state index in [9.17, 15) is 13.5 Å². The van der Waals surface area contributed by atoms with Gasteiger partial charge in [0.1, 0.15) is 12.1 Å². The number of aliphatic hydroxyl groups excluding tert-OH is 1. The summed E-state index contributed by atoms with van der Waals surface area (Å²) in [5.74, 6) is 0.794. The molecule has 3 heterocycles. The fraction of sp³-hybridized carbons (Fsp3) is 0.600. The van der Waals surface area contributed by atoms with Crippen LogP contribution in [0.15, 0.2) is 0 Å². The molecule has 3 rings (SSSR count). The Hall–Kier alpha value is -1.91. The maximum atomic E-state index is 11.6. The van der Waals surface area contributed by atoms with E-state index in [0.29, 0.717) is 43.1 Å². The van der Waals surface area contributed by atoms with Crippen molar-refractivity contribution in [3.8, 4) is 0 Å². The molecular formula is C15H24N6O3S. The molecule has 1 saturated heterocycles. The number of sulfonamides is 1. The molecule has 10 heteroatoms. The molecule has 0 aliphatic carbocycles. The van der Waals surface area contributed by atoms with Crippen molar-refractivity contribution in [3.63, 3.8) is 0 Å². The number of nitrogens with two attached hydrogens (primary N) is 1. The first-order valence-electron chi connectivity index (χ1n) is 8.19. The van der Waals surface area contributed by atoms with Crippen LogP contribution in [-0.2, 0) is 16.6 Å². The predicted octanol–water partition coefficient (Wildman–Crippen LogP) is 0.0901. The molecule has 0 unspecified atom stereocenters. The molecule has 25 heavy (non-hydrogen) atoms. The summed E-state index contributed by atoms with van der Waals surface area (Å²) in [5, 5.41) is 9.68. The van der Waals surface area contributed by atoms with E-state index < -0.39 is 10.0 Å². The number of piperidine rings is 1. The molecule has 2 aromatic heterocycles. The number of fused-ring (bicyclic) bond motifs is 1. The van der Waals surface area contributed by atoms with Gasteiger partial charge in [0, 0.05) is 24.8 Å². The van der Waals surface area contributed by atoms with E-state index in [0.717, 1.165) is 16.8 Å². The van der Waals surface area contributed by atoms with E-state index in [1.54, 1.807) is 4.68 Å². The van der Waals surface area contributed by atoms with Crippen LogP contribution in [0.5, 0.6) is 0 Å². The summed E-state index contributed by atoms with van der Waals surface area (Å²) in [6.07, 6.45) is 2.59. The van der Waals surface area contributed by atoms with Gasteiger partial charge in [-0.3, -0.25) is 0 Å². The average Bonchev–Trinajstić information content (AvgIpc) is 2.91. The van der Waals surface area contributed by atoms with Crippen molar-refractivity contribution < 1.29 is 13.5 Å². The van der Waals surface area contributed by atoms with E-state index in [1.807, 2.05) is 13.8 Å². The van der Waals surface area contributed by atoms with Gasteiger partial charge >= 0.3 is 0 Å². The number of imidazole rings is 1. The zero-order valence-electron chi connectivity index (χ0n) is 14.7. The highest BCUT2D eigenvalue weighted by atomic mass is 32.2. The van der Waals surface area contributed by atoms with Crippen LogP contribution >= 0.6 is 0 Å². The minimum atomic E-state index is -3.16. The minimum absolute atomic E-state index is 0.0785. The second-order valence-electron chi connectivity index (χ2n) is 6.49. The van der Waals surface area contributed by atoms with Crippen LogP contribution in [-0.4, -0.2) is 57.9 Å². The Bertz CT molecular complexity index is 900. The zero-order valence-corrected chi connectivity index (χ0v) is 15.5. The topological polar surface area (TPSA) is 126 Å². The van der Waals surface area contributed by atoms with Crippen LogP contribution < -0.4 is 11.2 Å². The van der Waals surface area contributed by atoms with Crippen LogP contribution in [0.1, 0.15) is 29.9 Å².